The number of hydrogen-bond acceptors (Lipinski definition) is 2. The van der Waals surface area contributed by atoms with Gasteiger partial charge in [-0.1, -0.05) is 6.07 Å². The van der Waals surface area contributed by atoms with Gasteiger partial charge in [-0.2, -0.15) is 0 Å². The maximum atomic E-state index is 12.0. The lowest BCUT2D eigenvalue weighted by molar-refractivity contribution is 0.170. The zero-order chi connectivity index (χ0) is 11.4. The SMILES string of the molecule is CC1CCCCN1C(=O)Nc1ccccn1. The number of piperidine rings is 1. The van der Waals surface area contributed by atoms with Crippen molar-refractivity contribution in [1.82, 2.24) is 9.88 Å². The van der Waals surface area contributed by atoms with Crippen LogP contribution >= 0.6 is 0 Å². The molecule has 0 radical (unpaired) electrons. The molecule has 1 aromatic heterocycles. The van der Waals surface area contributed by atoms with Crippen molar-refractivity contribution in [3.05, 3.63) is 24.4 Å². The molecule has 0 bridgehead atoms. The lowest BCUT2D eigenvalue weighted by Crippen LogP contribution is -2.44. The van der Waals surface area contributed by atoms with Crippen LogP contribution in [-0.2, 0) is 0 Å². The van der Waals surface area contributed by atoms with Crippen LogP contribution in [0.1, 0.15) is 26.2 Å². The minimum absolute atomic E-state index is 0.0362. The third-order valence-corrected chi connectivity index (χ3v) is 2.96. The number of urea groups is 1. The molecular weight excluding hydrogens is 202 g/mol. The monoisotopic (exact) mass is 219 g/mol. The van der Waals surface area contributed by atoms with E-state index in [-0.39, 0.29) is 6.03 Å². The standard InChI is InChI=1S/C12H17N3O/c1-10-6-3-5-9-15(10)12(16)14-11-7-2-4-8-13-11/h2,4,7-8,10H,3,5-6,9H2,1H3,(H,13,14,16). The second-order valence-electron chi connectivity index (χ2n) is 4.18. The van der Waals surface area contributed by atoms with Crippen LogP contribution in [-0.4, -0.2) is 28.5 Å². The van der Waals surface area contributed by atoms with Gasteiger partial charge in [0.05, 0.1) is 0 Å². The second kappa shape index (κ2) is 4.96. The van der Waals surface area contributed by atoms with Gasteiger partial charge in [0.1, 0.15) is 5.82 Å². The molecule has 1 aliphatic rings. The van der Waals surface area contributed by atoms with Gasteiger partial charge in [-0.05, 0) is 38.3 Å². The number of aromatic nitrogens is 1. The molecule has 1 aliphatic heterocycles. The number of pyridine rings is 1. The van der Waals surface area contributed by atoms with Crippen molar-refractivity contribution >= 4 is 11.8 Å². The highest BCUT2D eigenvalue weighted by Crippen LogP contribution is 2.17. The molecule has 1 saturated heterocycles. The molecule has 2 rings (SSSR count). The number of likely N-dealkylation sites (tertiary alicyclic amines) is 1. The average Bonchev–Trinajstić information content (AvgIpc) is 2.31. The topological polar surface area (TPSA) is 45.2 Å². The molecule has 1 fully saturated rings. The maximum Gasteiger partial charge on any atom is 0.323 e. The smallest absolute Gasteiger partial charge is 0.322 e. The highest BCUT2D eigenvalue weighted by atomic mass is 16.2. The summed E-state index contributed by atoms with van der Waals surface area (Å²) in [6, 6.07) is 5.79. The zero-order valence-electron chi connectivity index (χ0n) is 9.52. The summed E-state index contributed by atoms with van der Waals surface area (Å²) in [4.78, 5) is 17.9. The fraction of sp³-hybridized carbons (Fsp3) is 0.500. The molecule has 4 heteroatoms. The van der Waals surface area contributed by atoms with E-state index in [0.29, 0.717) is 11.9 Å². The molecule has 4 nitrogen and oxygen atoms in total. The Labute approximate surface area is 95.7 Å². The third kappa shape index (κ3) is 2.51. The van der Waals surface area contributed by atoms with E-state index in [1.54, 1.807) is 12.3 Å². The first-order valence-corrected chi connectivity index (χ1v) is 5.76. The quantitative estimate of drug-likeness (QED) is 0.788. The van der Waals surface area contributed by atoms with Gasteiger partial charge in [0.15, 0.2) is 0 Å². The predicted molar refractivity (Wildman–Crippen MR) is 63.3 cm³/mol. The number of nitrogens with zero attached hydrogens (tertiary/aromatic N) is 2. The number of nitrogens with one attached hydrogen (secondary N) is 1. The van der Waals surface area contributed by atoms with Crippen LogP contribution in [0, 0.1) is 0 Å². The summed E-state index contributed by atoms with van der Waals surface area (Å²) in [6.07, 6.45) is 5.08. The van der Waals surface area contributed by atoms with Crippen LogP contribution in [0.5, 0.6) is 0 Å². The number of carbonyl (C=O) groups excluding carboxylic acids is 1. The summed E-state index contributed by atoms with van der Waals surface area (Å²) in [6.45, 7) is 2.94. The van der Waals surface area contributed by atoms with Crippen LogP contribution in [0.3, 0.4) is 0 Å². The number of hydrogen-bond donors (Lipinski definition) is 1. The summed E-state index contributed by atoms with van der Waals surface area (Å²) in [5, 5.41) is 2.82. The van der Waals surface area contributed by atoms with Gasteiger partial charge in [0.25, 0.3) is 0 Å². The highest BCUT2D eigenvalue weighted by Gasteiger charge is 2.23. The van der Waals surface area contributed by atoms with Crippen molar-refractivity contribution in [2.24, 2.45) is 0 Å². The largest absolute Gasteiger partial charge is 0.323 e. The Balaban J connectivity index is 1.97. The molecule has 86 valence electrons. The van der Waals surface area contributed by atoms with Gasteiger partial charge < -0.3 is 4.90 Å². The molecule has 1 N–H and O–H groups in total. The molecule has 2 heterocycles. The lowest BCUT2D eigenvalue weighted by Gasteiger charge is -2.33. The van der Waals surface area contributed by atoms with Crippen molar-refractivity contribution < 1.29 is 4.79 Å². The number of amides is 2. The van der Waals surface area contributed by atoms with Crippen LogP contribution < -0.4 is 5.32 Å². The van der Waals surface area contributed by atoms with E-state index >= 15 is 0 Å². The van der Waals surface area contributed by atoms with Crippen molar-refractivity contribution in [2.75, 3.05) is 11.9 Å². The van der Waals surface area contributed by atoms with Gasteiger partial charge in [-0.25, -0.2) is 9.78 Å². The summed E-state index contributed by atoms with van der Waals surface area (Å²) in [5.41, 5.74) is 0. The molecule has 0 spiro atoms. The van der Waals surface area contributed by atoms with Crippen molar-refractivity contribution in [3.8, 4) is 0 Å². The van der Waals surface area contributed by atoms with E-state index in [4.69, 9.17) is 0 Å². The summed E-state index contributed by atoms with van der Waals surface area (Å²) < 4.78 is 0. The Bertz CT molecular complexity index is 353. The van der Waals surface area contributed by atoms with E-state index in [1.807, 2.05) is 17.0 Å². The number of anilines is 1. The molecule has 1 unspecified atom stereocenters. The molecule has 0 saturated carbocycles. The Hall–Kier alpha value is -1.58. The lowest BCUT2D eigenvalue weighted by atomic mass is 10.0. The maximum absolute atomic E-state index is 12.0. The van der Waals surface area contributed by atoms with Gasteiger partial charge in [0, 0.05) is 18.8 Å². The summed E-state index contributed by atoms with van der Waals surface area (Å²) in [5.74, 6) is 0.616. The molecule has 1 atom stereocenters. The van der Waals surface area contributed by atoms with Gasteiger partial charge >= 0.3 is 6.03 Å². The first-order chi connectivity index (χ1) is 7.77. The Morgan fingerprint density at radius 2 is 2.38 bits per heavy atom. The third-order valence-electron chi connectivity index (χ3n) is 2.96. The normalized spacial score (nSPS) is 20.6. The highest BCUT2D eigenvalue weighted by molar-refractivity contribution is 5.88. The first-order valence-electron chi connectivity index (χ1n) is 5.76. The van der Waals surface area contributed by atoms with Crippen LogP contribution in [0.25, 0.3) is 0 Å². The minimum Gasteiger partial charge on any atom is -0.322 e. The van der Waals surface area contributed by atoms with Crippen LogP contribution in [0.15, 0.2) is 24.4 Å². The van der Waals surface area contributed by atoms with Gasteiger partial charge in [-0.15, -0.1) is 0 Å². The fourth-order valence-corrected chi connectivity index (χ4v) is 2.02. The fourth-order valence-electron chi connectivity index (χ4n) is 2.02. The molecule has 16 heavy (non-hydrogen) atoms. The van der Waals surface area contributed by atoms with Crippen molar-refractivity contribution in [1.29, 1.82) is 0 Å². The van der Waals surface area contributed by atoms with E-state index in [1.165, 1.54) is 6.42 Å². The van der Waals surface area contributed by atoms with Gasteiger partial charge in [-0.3, -0.25) is 5.32 Å². The van der Waals surface area contributed by atoms with Gasteiger partial charge in [0.2, 0.25) is 0 Å². The number of rotatable bonds is 1. The molecule has 0 aromatic carbocycles. The molecular formula is C12H17N3O. The zero-order valence-corrected chi connectivity index (χ0v) is 9.52. The van der Waals surface area contributed by atoms with E-state index < -0.39 is 0 Å². The predicted octanol–water partition coefficient (Wildman–Crippen LogP) is 2.49. The molecule has 0 aliphatic carbocycles. The Morgan fingerprint density at radius 1 is 1.50 bits per heavy atom. The van der Waals surface area contributed by atoms with E-state index in [9.17, 15) is 4.79 Å². The molecule has 1 aromatic rings. The van der Waals surface area contributed by atoms with Crippen LogP contribution in [0.2, 0.25) is 0 Å². The van der Waals surface area contributed by atoms with Crippen molar-refractivity contribution in [3.63, 3.8) is 0 Å². The van der Waals surface area contributed by atoms with Crippen LogP contribution in [0.4, 0.5) is 10.6 Å². The Morgan fingerprint density at radius 3 is 3.06 bits per heavy atom. The average molecular weight is 219 g/mol. The minimum atomic E-state index is -0.0362. The Kier molecular flexibility index (Phi) is 3.39. The first kappa shape index (κ1) is 10.9. The van der Waals surface area contributed by atoms with E-state index in [2.05, 4.69) is 17.2 Å². The van der Waals surface area contributed by atoms with E-state index in [0.717, 1.165) is 19.4 Å². The second-order valence-corrected chi connectivity index (χ2v) is 4.18. The summed E-state index contributed by atoms with van der Waals surface area (Å²) >= 11 is 0. The summed E-state index contributed by atoms with van der Waals surface area (Å²) in [7, 11) is 0. The molecule has 2 amide bonds. The van der Waals surface area contributed by atoms with Crippen molar-refractivity contribution in [2.45, 2.75) is 32.2 Å². The number of carbonyl (C=O) groups is 1.